The minimum Gasteiger partial charge on any atom is -0.494 e. The van der Waals surface area contributed by atoms with Crippen molar-refractivity contribution in [2.45, 2.75) is 33.3 Å². The highest BCUT2D eigenvalue weighted by Gasteiger charge is 2.08. The maximum Gasteiger partial charge on any atom is 0.138 e. The molecule has 0 aliphatic carbocycles. The van der Waals surface area contributed by atoms with E-state index in [9.17, 15) is 5.11 Å². The van der Waals surface area contributed by atoms with Crippen LogP contribution in [-0.4, -0.2) is 23.9 Å². The van der Waals surface area contributed by atoms with E-state index in [2.05, 4.69) is 11.8 Å². The molecule has 0 spiro atoms. The first-order valence-electron chi connectivity index (χ1n) is 6.11. The fourth-order valence-electron chi connectivity index (χ4n) is 1.36. The predicted molar refractivity (Wildman–Crippen MR) is 72.0 cm³/mol. The summed E-state index contributed by atoms with van der Waals surface area (Å²) in [5.74, 6) is 7.14. The van der Waals surface area contributed by atoms with E-state index in [1.807, 2.05) is 32.0 Å². The molecular formula is C15H20O3. The number of rotatable bonds is 4. The first-order chi connectivity index (χ1) is 8.46. The molecule has 0 atom stereocenters. The van der Waals surface area contributed by atoms with Crippen LogP contribution in [0.15, 0.2) is 18.2 Å². The molecule has 0 radical (unpaired) electrons. The van der Waals surface area contributed by atoms with Crippen LogP contribution in [-0.2, 0) is 0 Å². The Hall–Kier alpha value is -1.66. The zero-order valence-electron chi connectivity index (χ0n) is 11.4. The predicted octanol–water partition coefficient (Wildman–Crippen LogP) is 2.61. The maximum absolute atomic E-state index is 9.60. The lowest BCUT2D eigenvalue weighted by atomic mass is 10.1. The highest BCUT2D eigenvalue weighted by Crippen LogP contribution is 2.24. The Morgan fingerprint density at radius 2 is 1.83 bits per heavy atom. The van der Waals surface area contributed by atoms with Crippen molar-refractivity contribution in [2.75, 3.05) is 13.2 Å². The molecular weight excluding hydrogens is 228 g/mol. The SMILES string of the molecule is CCOc1ccc(C#CC(C)(C)O)c(OCC)c1. The fraction of sp³-hybridized carbons (Fsp3) is 0.467. The third-order valence-electron chi connectivity index (χ3n) is 2.07. The smallest absolute Gasteiger partial charge is 0.138 e. The summed E-state index contributed by atoms with van der Waals surface area (Å²) in [5.41, 5.74) is -0.260. The third-order valence-corrected chi connectivity index (χ3v) is 2.07. The van der Waals surface area contributed by atoms with Gasteiger partial charge in [0.25, 0.3) is 0 Å². The van der Waals surface area contributed by atoms with E-state index >= 15 is 0 Å². The number of ether oxygens (including phenoxy) is 2. The molecule has 0 aliphatic heterocycles. The molecule has 0 amide bonds. The second-order valence-electron chi connectivity index (χ2n) is 4.33. The average molecular weight is 248 g/mol. The van der Waals surface area contributed by atoms with Gasteiger partial charge in [0.15, 0.2) is 0 Å². The highest BCUT2D eigenvalue weighted by molar-refractivity contribution is 5.50. The largest absolute Gasteiger partial charge is 0.494 e. The molecule has 1 aromatic rings. The molecule has 98 valence electrons. The van der Waals surface area contributed by atoms with Crippen molar-refractivity contribution in [3.8, 4) is 23.3 Å². The number of hydrogen-bond donors (Lipinski definition) is 1. The van der Waals surface area contributed by atoms with Crippen LogP contribution in [0.3, 0.4) is 0 Å². The van der Waals surface area contributed by atoms with Gasteiger partial charge in [0.2, 0.25) is 0 Å². The van der Waals surface area contributed by atoms with Crippen molar-refractivity contribution < 1.29 is 14.6 Å². The van der Waals surface area contributed by atoms with Gasteiger partial charge >= 0.3 is 0 Å². The Labute approximate surface area is 109 Å². The van der Waals surface area contributed by atoms with Gasteiger partial charge in [-0.1, -0.05) is 11.8 Å². The lowest BCUT2D eigenvalue weighted by Gasteiger charge is -2.10. The number of benzene rings is 1. The van der Waals surface area contributed by atoms with E-state index in [0.29, 0.717) is 19.0 Å². The van der Waals surface area contributed by atoms with Crippen molar-refractivity contribution >= 4 is 0 Å². The molecule has 0 saturated carbocycles. The highest BCUT2D eigenvalue weighted by atomic mass is 16.5. The molecule has 0 bridgehead atoms. The van der Waals surface area contributed by atoms with Crippen molar-refractivity contribution in [3.63, 3.8) is 0 Å². The summed E-state index contributed by atoms with van der Waals surface area (Å²) in [6.07, 6.45) is 0. The van der Waals surface area contributed by atoms with E-state index in [-0.39, 0.29) is 0 Å². The Morgan fingerprint density at radius 1 is 1.17 bits per heavy atom. The maximum atomic E-state index is 9.60. The minimum atomic E-state index is -1.01. The summed E-state index contributed by atoms with van der Waals surface area (Å²) in [4.78, 5) is 0. The van der Waals surface area contributed by atoms with Crippen LogP contribution in [0.4, 0.5) is 0 Å². The molecule has 1 rings (SSSR count). The topological polar surface area (TPSA) is 38.7 Å². The van der Waals surface area contributed by atoms with E-state index in [0.717, 1.165) is 11.3 Å². The Bertz CT molecular complexity index is 447. The van der Waals surface area contributed by atoms with Gasteiger partial charge in [0.1, 0.15) is 17.1 Å². The van der Waals surface area contributed by atoms with Gasteiger partial charge in [-0.15, -0.1) is 0 Å². The first kappa shape index (κ1) is 14.4. The number of hydrogen-bond acceptors (Lipinski definition) is 3. The summed E-state index contributed by atoms with van der Waals surface area (Å²) in [7, 11) is 0. The van der Waals surface area contributed by atoms with Crippen LogP contribution in [0.2, 0.25) is 0 Å². The Kier molecular flexibility index (Phi) is 5.06. The van der Waals surface area contributed by atoms with Gasteiger partial charge in [-0.2, -0.15) is 0 Å². The van der Waals surface area contributed by atoms with Crippen LogP contribution >= 0.6 is 0 Å². The lowest BCUT2D eigenvalue weighted by molar-refractivity contribution is 0.143. The molecule has 0 aliphatic rings. The Balaban J connectivity index is 3.06. The first-order valence-corrected chi connectivity index (χ1v) is 6.11. The molecule has 0 saturated heterocycles. The van der Waals surface area contributed by atoms with Crippen LogP contribution in [0.5, 0.6) is 11.5 Å². The van der Waals surface area contributed by atoms with Gasteiger partial charge in [0.05, 0.1) is 18.8 Å². The summed E-state index contributed by atoms with van der Waals surface area (Å²) < 4.78 is 10.9. The van der Waals surface area contributed by atoms with Crippen molar-refractivity contribution in [2.24, 2.45) is 0 Å². The van der Waals surface area contributed by atoms with Crippen LogP contribution in [0, 0.1) is 11.8 Å². The summed E-state index contributed by atoms with van der Waals surface area (Å²) >= 11 is 0. The normalized spacial score (nSPS) is 10.5. The van der Waals surface area contributed by atoms with Crippen LogP contribution in [0.1, 0.15) is 33.3 Å². The van der Waals surface area contributed by atoms with E-state index in [1.54, 1.807) is 13.8 Å². The average Bonchev–Trinajstić information content (AvgIpc) is 2.28. The fourth-order valence-corrected chi connectivity index (χ4v) is 1.36. The van der Waals surface area contributed by atoms with Crippen LogP contribution < -0.4 is 9.47 Å². The van der Waals surface area contributed by atoms with E-state index in [4.69, 9.17) is 9.47 Å². The van der Waals surface area contributed by atoms with Gasteiger partial charge in [-0.05, 0) is 39.8 Å². The third kappa shape index (κ3) is 4.68. The summed E-state index contributed by atoms with van der Waals surface area (Å²) in [6, 6.07) is 5.51. The summed E-state index contributed by atoms with van der Waals surface area (Å²) in [6.45, 7) is 8.32. The van der Waals surface area contributed by atoms with Gasteiger partial charge in [-0.25, -0.2) is 0 Å². The molecule has 1 aromatic carbocycles. The van der Waals surface area contributed by atoms with Crippen molar-refractivity contribution in [3.05, 3.63) is 23.8 Å². The summed E-state index contributed by atoms with van der Waals surface area (Å²) in [5, 5.41) is 9.60. The minimum absolute atomic E-state index is 0.562. The van der Waals surface area contributed by atoms with Crippen LogP contribution in [0.25, 0.3) is 0 Å². The molecule has 0 unspecified atom stereocenters. The van der Waals surface area contributed by atoms with Gasteiger partial charge in [0, 0.05) is 6.07 Å². The Morgan fingerprint density at radius 3 is 2.39 bits per heavy atom. The van der Waals surface area contributed by atoms with Gasteiger partial charge < -0.3 is 14.6 Å². The molecule has 3 nitrogen and oxygen atoms in total. The molecule has 0 fully saturated rings. The quantitative estimate of drug-likeness (QED) is 0.832. The van der Waals surface area contributed by atoms with E-state index in [1.165, 1.54) is 0 Å². The zero-order valence-corrected chi connectivity index (χ0v) is 11.4. The lowest BCUT2D eigenvalue weighted by Crippen LogP contribution is -2.14. The van der Waals surface area contributed by atoms with Crippen molar-refractivity contribution in [1.29, 1.82) is 0 Å². The van der Waals surface area contributed by atoms with E-state index < -0.39 is 5.60 Å². The standard InChI is InChI=1S/C15H20O3/c1-5-17-13-8-7-12(9-10-15(3,4)16)14(11-13)18-6-2/h7-8,11,16H,5-6H2,1-4H3. The zero-order chi connectivity index (χ0) is 13.6. The second kappa shape index (κ2) is 6.32. The molecule has 18 heavy (non-hydrogen) atoms. The second-order valence-corrected chi connectivity index (χ2v) is 4.33. The van der Waals surface area contributed by atoms with Gasteiger partial charge in [-0.3, -0.25) is 0 Å². The number of aliphatic hydroxyl groups is 1. The molecule has 1 N–H and O–H groups in total. The molecule has 3 heteroatoms. The van der Waals surface area contributed by atoms with Crippen molar-refractivity contribution in [1.82, 2.24) is 0 Å². The molecule has 0 heterocycles. The molecule has 0 aromatic heterocycles. The monoisotopic (exact) mass is 248 g/mol.